The number of likely N-dealkylation sites (tertiary alicyclic amines) is 2. The first-order valence-corrected chi connectivity index (χ1v) is 9.24. The van der Waals surface area contributed by atoms with Crippen LogP contribution in [0.15, 0.2) is 24.5 Å². The molecule has 1 spiro atoms. The first kappa shape index (κ1) is 16.0. The molecule has 3 fully saturated rings. The van der Waals surface area contributed by atoms with Gasteiger partial charge in [0.2, 0.25) is 5.91 Å². The van der Waals surface area contributed by atoms with Gasteiger partial charge in [0.25, 0.3) is 0 Å². The van der Waals surface area contributed by atoms with Gasteiger partial charge in [-0.25, -0.2) is 0 Å². The molecule has 1 amide bonds. The largest absolute Gasteiger partial charge is 0.381 e. The highest BCUT2D eigenvalue weighted by atomic mass is 16.5. The fraction of sp³-hybridized carbons (Fsp3) is 0.684. The summed E-state index contributed by atoms with van der Waals surface area (Å²) in [6.45, 7) is 6.58. The number of hydrogen-bond donors (Lipinski definition) is 0. The number of nitrogens with zero attached hydrogens (tertiary/aromatic N) is 3. The molecule has 3 saturated heterocycles. The van der Waals surface area contributed by atoms with E-state index in [0.717, 1.165) is 65.2 Å². The van der Waals surface area contributed by atoms with E-state index in [1.54, 1.807) is 12.4 Å². The Hall–Kier alpha value is -1.46. The van der Waals surface area contributed by atoms with Gasteiger partial charge in [-0.2, -0.15) is 0 Å². The third-order valence-electron chi connectivity index (χ3n) is 5.92. The summed E-state index contributed by atoms with van der Waals surface area (Å²) in [4.78, 5) is 21.8. The lowest BCUT2D eigenvalue weighted by molar-refractivity contribution is -0.139. The molecule has 0 saturated carbocycles. The molecular formula is C19H27N3O2. The van der Waals surface area contributed by atoms with Crippen molar-refractivity contribution >= 4 is 5.91 Å². The zero-order valence-electron chi connectivity index (χ0n) is 14.3. The van der Waals surface area contributed by atoms with Gasteiger partial charge >= 0.3 is 0 Å². The molecule has 5 heteroatoms. The summed E-state index contributed by atoms with van der Waals surface area (Å²) in [6.07, 6.45) is 7.98. The molecule has 0 aliphatic carbocycles. The molecule has 0 aromatic carbocycles. The van der Waals surface area contributed by atoms with Crippen LogP contribution in [0.25, 0.3) is 0 Å². The molecule has 0 bridgehead atoms. The molecule has 0 radical (unpaired) electrons. The van der Waals surface area contributed by atoms with Crippen molar-refractivity contribution < 1.29 is 9.53 Å². The molecule has 130 valence electrons. The van der Waals surface area contributed by atoms with E-state index in [1.165, 1.54) is 12.0 Å². The number of hydrogen-bond acceptors (Lipinski definition) is 4. The minimum absolute atomic E-state index is 0.134. The van der Waals surface area contributed by atoms with Crippen molar-refractivity contribution in [1.82, 2.24) is 14.8 Å². The Balaban J connectivity index is 1.40. The molecule has 1 aromatic rings. The van der Waals surface area contributed by atoms with E-state index in [9.17, 15) is 4.79 Å². The van der Waals surface area contributed by atoms with Gasteiger partial charge in [0.15, 0.2) is 0 Å². The molecule has 2 atom stereocenters. The SMILES string of the molecule is O=C1N(Cc2ccncc2)CCC12CCCN(CC1CCOC1)C2. The second-order valence-corrected chi connectivity index (χ2v) is 7.68. The summed E-state index contributed by atoms with van der Waals surface area (Å²) in [6, 6.07) is 4.01. The number of carbonyl (C=O) groups is 1. The van der Waals surface area contributed by atoms with Gasteiger partial charge in [-0.15, -0.1) is 0 Å². The summed E-state index contributed by atoms with van der Waals surface area (Å²) in [5.41, 5.74) is 1.04. The predicted octanol–water partition coefficient (Wildman–Crippen LogP) is 1.93. The van der Waals surface area contributed by atoms with E-state index in [2.05, 4.69) is 14.8 Å². The summed E-state index contributed by atoms with van der Waals surface area (Å²) < 4.78 is 5.51. The second kappa shape index (κ2) is 6.81. The normalized spacial score (nSPS) is 31.2. The lowest BCUT2D eigenvalue weighted by atomic mass is 9.78. The van der Waals surface area contributed by atoms with Crippen molar-refractivity contribution in [3.63, 3.8) is 0 Å². The van der Waals surface area contributed by atoms with Gasteiger partial charge in [0, 0.05) is 45.2 Å². The smallest absolute Gasteiger partial charge is 0.230 e. The van der Waals surface area contributed by atoms with Crippen LogP contribution in [0.1, 0.15) is 31.2 Å². The van der Waals surface area contributed by atoms with E-state index >= 15 is 0 Å². The summed E-state index contributed by atoms with van der Waals surface area (Å²) in [5.74, 6) is 1.02. The Kier molecular flexibility index (Phi) is 4.55. The Labute approximate surface area is 144 Å². The summed E-state index contributed by atoms with van der Waals surface area (Å²) in [5, 5.41) is 0. The standard InChI is InChI=1S/C19H27N3O2/c23-18-19(6-10-22(18)13-16-2-7-20-8-3-16)5-1-9-21(15-19)12-17-4-11-24-14-17/h2-3,7-8,17H,1,4-6,9-15H2. The molecule has 4 rings (SSSR count). The van der Waals surface area contributed by atoms with Crippen molar-refractivity contribution in [3.05, 3.63) is 30.1 Å². The Bertz CT molecular complexity index is 573. The van der Waals surface area contributed by atoms with Crippen LogP contribution in [0.4, 0.5) is 0 Å². The third-order valence-corrected chi connectivity index (χ3v) is 5.92. The fourth-order valence-electron chi connectivity index (χ4n) is 4.61. The van der Waals surface area contributed by atoms with Crippen LogP contribution in [-0.4, -0.2) is 60.1 Å². The number of rotatable bonds is 4. The molecular weight excluding hydrogens is 302 g/mol. The summed E-state index contributed by atoms with van der Waals surface area (Å²) in [7, 11) is 0. The molecule has 3 aliphatic heterocycles. The quantitative estimate of drug-likeness (QED) is 0.847. The van der Waals surface area contributed by atoms with Crippen LogP contribution in [0, 0.1) is 11.3 Å². The minimum atomic E-state index is -0.134. The van der Waals surface area contributed by atoms with Crippen LogP contribution in [0.3, 0.4) is 0 Å². The maximum atomic E-state index is 13.1. The van der Waals surface area contributed by atoms with Gasteiger partial charge in [0.1, 0.15) is 0 Å². The molecule has 5 nitrogen and oxygen atoms in total. The van der Waals surface area contributed by atoms with Gasteiger partial charge in [-0.3, -0.25) is 9.78 Å². The third kappa shape index (κ3) is 3.20. The predicted molar refractivity (Wildman–Crippen MR) is 91.3 cm³/mol. The molecule has 4 heterocycles. The van der Waals surface area contributed by atoms with Crippen LogP contribution in [0.5, 0.6) is 0 Å². The van der Waals surface area contributed by atoms with Gasteiger partial charge in [-0.1, -0.05) is 0 Å². The van der Waals surface area contributed by atoms with E-state index in [0.29, 0.717) is 11.8 Å². The Morgan fingerprint density at radius 1 is 1.25 bits per heavy atom. The van der Waals surface area contributed by atoms with Gasteiger partial charge < -0.3 is 14.5 Å². The average Bonchev–Trinajstić information content (AvgIpc) is 3.21. The minimum Gasteiger partial charge on any atom is -0.381 e. The molecule has 2 unspecified atom stereocenters. The van der Waals surface area contributed by atoms with Crippen LogP contribution < -0.4 is 0 Å². The first-order valence-electron chi connectivity index (χ1n) is 9.24. The fourth-order valence-corrected chi connectivity index (χ4v) is 4.61. The van der Waals surface area contributed by atoms with E-state index < -0.39 is 0 Å². The van der Waals surface area contributed by atoms with Crippen molar-refractivity contribution in [2.24, 2.45) is 11.3 Å². The Morgan fingerprint density at radius 2 is 2.12 bits per heavy atom. The number of ether oxygens (including phenoxy) is 1. The molecule has 1 aromatic heterocycles. The average molecular weight is 329 g/mol. The van der Waals surface area contributed by atoms with E-state index in [-0.39, 0.29) is 5.41 Å². The second-order valence-electron chi connectivity index (χ2n) is 7.68. The van der Waals surface area contributed by atoms with Gasteiger partial charge in [-0.05, 0) is 55.8 Å². The molecule has 24 heavy (non-hydrogen) atoms. The highest BCUT2D eigenvalue weighted by Crippen LogP contribution is 2.41. The van der Waals surface area contributed by atoms with Crippen molar-refractivity contribution in [2.45, 2.75) is 32.2 Å². The Morgan fingerprint density at radius 3 is 2.92 bits per heavy atom. The first-order chi connectivity index (χ1) is 11.8. The zero-order chi connectivity index (χ0) is 16.4. The monoisotopic (exact) mass is 329 g/mol. The molecule has 3 aliphatic rings. The van der Waals surface area contributed by atoms with E-state index in [1.807, 2.05) is 12.1 Å². The summed E-state index contributed by atoms with van der Waals surface area (Å²) >= 11 is 0. The van der Waals surface area contributed by atoms with Crippen molar-refractivity contribution in [2.75, 3.05) is 39.4 Å². The number of aromatic nitrogens is 1. The number of piperidine rings is 1. The van der Waals surface area contributed by atoms with Crippen LogP contribution in [0.2, 0.25) is 0 Å². The highest BCUT2D eigenvalue weighted by Gasteiger charge is 2.48. The van der Waals surface area contributed by atoms with Gasteiger partial charge in [0.05, 0.1) is 12.0 Å². The maximum Gasteiger partial charge on any atom is 0.230 e. The number of carbonyl (C=O) groups excluding carboxylic acids is 1. The van der Waals surface area contributed by atoms with Crippen molar-refractivity contribution in [3.8, 4) is 0 Å². The number of amides is 1. The topological polar surface area (TPSA) is 45.7 Å². The lowest BCUT2D eigenvalue weighted by Crippen LogP contribution is -2.49. The van der Waals surface area contributed by atoms with E-state index in [4.69, 9.17) is 4.74 Å². The zero-order valence-corrected chi connectivity index (χ0v) is 14.3. The van der Waals surface area contributed by atoms with Crippen LogP contribution in [-0.2, 0) is 16.1 Å². The maximum absolute atomic E-state index is 13.1. The number of pyridine rings is 1. The van der Waals surface area contributed by atoms with Crippen molar-refractivity contribution in [1.29, 1.82) is 0 Å². The highest BCUT2D eigenvalue weighted by molar-refractivity contribution is 5.85. The lowest BCUT2D eigenvalue weighted by Gasteiger charge is -2.40. The van der Waals surface area contributed by atoms with Crippen LogP contribution >= 0.6 is 0 Å². The molecule has 0 N–H and O–H groups in total.